The van der Waals surface area contributed by atoms with Crippen LogP contribution in [0.1, 0.15) is 26.7 Å². The maximum absolute atomic E-state index is 12.2. The van der Waals surface area contributed by atoms with Crippen LogP contribution in [0.25, 0.3) is 0 Å². The Morgan fingerprint density at radius 2 is 2.04 bits per heavy atom. The number of carbonyl (C=O) groups is 1. The fourth-order valence-corrected chi connectivity index (χ4v) is 6.40. The smallest absolute Gasteiger partial charge is 0.248 e. The summed E-state index contributed by atoms with van der Waals surface area (Å²) in [4.78, 5) is 14.0. The molecule has 0 radical (unpaired) electrons. The van der Waals surface area contributed by atoms with Crippen LogP contribution in [-0.2, 0) is 9.53 Å². The summed E-state index contributed by atoms with van der Waals surface area (Å²) < 4.78 is 6.03. The Bertz CT molecular complexity index is 556. The number of aliphatic hydroxyl groups is 1. The van der Waals surface area contributed by atoms with E-state index in [1.165, 1.54) is 0 Å². The predicted molar refractivity (Wildman–Crippen MR) is 98.6 cm³/mol. The third kappa shape index (κ3) is 3.05. The quantitative estimate of drug-likeness (QED) is 0.490. The summed E-state index contributed by atoms with van der Waals surface area (Å²) in [5, 5.41) is 12.8. The Morgan fingerprint density at radius 3 is 2.69 bits per heavy atom. The van der Waals surface area contributed by atoms with Crippen molar-refractivity contribution in [2.45, 2.75) is 68.0 Å². The van der Waals surface area contributed by atoms with Crippen LogP contribution in [0.15, 0.2) is 0 Å². The van der Waals surface area contributed by atoms with Crippen LogP contribution in [0, 0.1) is 17.8 Å². The average molecular weight is 407 g/mol. The van der Waals surface area contributed by atoms with Crippen LogP contribution >= 0.6 is 23.2 Å². The van der Waals surface area contributed by atoms with Crippen LogP contribution in [0.3, 0.4) is 0 Å². The van der Waals surface area contributed by atoms with E-state index in [9.17, 15) is 9.90 Å². The maximum Gasteiger partial charge on any atom is 0.248 e. The number of alkyl halides is 2. The van der Waals surface area contributed by atoms with Gasteiger partial charge in [0.15, 0.2) is 0 Å². The van der Waals surface area contributed by atoms with E-state index in [1.807, 2.05) is 11.8 Å². The normalized spacial score (nSPS) is 51.2. The zero-order valence-corrected chi connectivity index (χ0v) is 16.6. The van der Waals surface area contributed by atoms with Crippen molar-refractivity contribution >= 4 is 29.1 Å². The van der Waals surface area contributed by atoms with Crippen LogP contribution in [0.2, 0.25) is 0 Å². The number of fused-ring (bicyclic) bond motifs is 3. The number of rotatable bonds is 2. The van der Waals surface area contributed by atoms with Gasteiger partial charge in [-0.15, -0.1) is 23.2 Å². The van der Waals surface area contributed by atoms with Crippen molar-refractivity contribution in [3.05, 3.63) is 0 Å². The zero-order chi connectivity index (χ0) is 18.6. The van der Waals surface area contributed by atoms with Gasteiger partial charge >= 0.3 is 0 Å². The second-order valence-electron chi connectivity index (χ2n) is 8.08. The lowest BCUT2D eigenvalue weighted by Gasteiger charge is -2.47. The number of likely N-dealkylation sites (tertiary alicyclic amines) is 1. The van der Waals surface area contributed by atoms with E-state index in [2.05, 4.69) is 23.1 Å². The predicted octanol–water partition coefficient (Wildman–Crippen LogP) is 0.204. The number of piperidine rings is 1. The van der Waals surface area contributed by atoms with Gasteiger partial charge in [-0.25, -0.2) is 10.9 Å². The highest BCUT2D eigenvalue weighted by Crippen LogP contribution is 2.50. The minimum absolute atomic E-state index is 0.0425. The molecule has 4 aliphatic rings. The summed E-state index contributed by atoms with van der Waals surface area (Å²) in [5.74, 6) is 0.520. The van der Waals surface area contributed by atoms with E-state index in [1.54, 1.807) is 0 Å². The van der Waals surface area contributed by atoms with E-state index >= 15 is 0 Å². The Morgan fingerprint density at radius 1 is 1.27 bits per heavy atom. The molecule has 0 aromatic heterocycles. The third-order valence-corrected chi connectivity index (χ3v) is 7.92. The molecule has 3 aliphatic heterocycles. The Hall–Kier alpha value is -0.150. The van der Waals surface area contributed by atoms with Gasteiger partial charge in [0.2, 0.25) is 5.91 Å². The van der Waals surface area contributed by atoms with Crippen LogP contribution in [0.5, 0.6) is 0 Å². The first-order chi connectivity index (χ1) is 12.4. The molecule has 1 aliphatic carbocycles. The van der Waals surface area contributed by atoms with Crippen molar-refractivity contribution in [3.8, 4) is 0 Å². The molecule has 4 N–H and O–H groups in total. The van der Waals surface area contributed by atoms with Gasteiger partial charge in [0.25, 0.3) is 0 Å². The molecule has 9 heteroatoms. The van der Waals surface area contributed by atoms with E-state index in [-0.39, 0.29) is 59.0 Å². The fraction of sp³-hybridized carbons (Fsp3) is 0.941. The lowest BCUT2D eigenvalue weighted by molar-refractivity contribution is -0.140. The highest BCUT2D eigenvalue weighted by molar-refractivity contribution is 6.30. The first-order valence-electron chi connectivity index (χ1n) is 9.53. The number of aliphatic hydroxyl groups excluding tert-OH is 1. The van der Waals surface area contributed by atoms with Gasteiger partial charge in [-0.3, -0.25) is 4.79 Å². The molecule has 0 aromatic rings. The molecule has 4 fully saturated rings. The number of carbonyl (C=O) groups excluding carboxylic acids is 1. The highest BCUT2D eigenvalue weighted by atomic mass is 35.5. The van der Waals surface area contributed by atoms with Gasteiger partial charge < -0.3 is 20.1 Å². The number of nitrogens with zero attached hydrogens (tertiary/aromatic N) is 1. The monoisotopic (exact) mass is 406 g/mol. The van der Waals surface area contributed by atoms with Crippen molar-refractivity contribution in [2.75, 3.05) is 13.2 Å². The van der Waals surface area contributed by atoms with Crippen LogP contribution < -0.4 is 16.2 Å². The largest absolute Gasteiger partial charge is 0.387 e. The van der Waals surface area contributed by atoms with E-state index < -0.39 is 6.61 Å². The number of halogens is 2. The highest BCUT2D eigenvalue weighted by Gasteiger charge is 2.59. The van der Waals surface area contributed by atoms with Crippen LogP contribution in [0.4, 0.5) is 0 Å². The standard InChI is InChI=1S/C17H28Cl2N4O3/c1-7-13-11(3-4-23(7)12(25)6-24)20-16-14(13)9(5-10(18)15(16)19)17-22-21-8(2)26-17/h7-11,13-17,20-22,24H,3-6H2,1-2H3/t7-,8?,9?,10?,11?,13?,14?,15?,16?,17?/m0/s1. The fourth-order valence-electron chi connectivity index (χ4n) is 5.69. The second kappa shape index (κ2) is 7.35. The van der Waals surface area contributed by atoms with Gasteiger partial charge in [0, 0.05) is 30.6 Å². The number of amides is 1. The molecule has 4 rings (SSSR count). The SMILES string of the molecule is CC1NNC(C2CC(Cl)C(Cl)C3NC4CCN(C(=O)CO)[C@@H](C)C4C23)O1. The summed E-state index contributed by atoms with van der Waals surface area (Å²) in [6.07, 6.45) is 1.46. The van der Waals surface area contributed by atoms with Gasteiger partial charge in [0.05, 0.1) is 10.8 Å². The Balaban J connectivity index is 1.63. The number of ether oxygens (including phenoxy) is 1. The maximum atomic E-state index is 12.2. The van der Waals surface area contributed by atoms with Crippen molar-refractivity contribution < 1.29 is 14.6 Å². The molecule has 26 heavy (non-hydrogen) atoms. The molecule has 3 heterocycles. The molecule has 10 atom stereocenters. The van der Waals surface area contributed by atoms with Crippen molar-refractivity contribution in [1.82, 2.24) is 21.1 Å². The number of hydrogen-bond donors (Lipinski definition) is 4. The second-order valence-corrected chi connectivity index (χ2v) is 9.14. The minimum Gasteiger partial charge on any atom is -0.387 e. The summed E-state index contributed by atoms with van der Waals surface area (Å²) in [6, 6.07) is 0.446. The lowest BCUT2D eigenvalue weighted by atomic mass is 9.66. The van der Waals surface area contributed by atoms with E-state index in [0.29, 0.717) is 12.6 Å². The molecule has 0 bridgehead atoms. The molecule has 3 saturated heterocycles. The van der Waals surface area contributed by atoms with Crippen LogP contribution in [-0.4, -0.2) is 70.4 Å². The summed E-state index contributed by atoms with van der Waals surface area (Å²) in [7, 11) is 0. The van der Waals surface area contributed by atoms with E-state index in [0.717, 1.165) is 12.8 Å². The Labute approximate surface area is 164 Å². The van der Waals surface area contributed by atoms with E-state index in [4.69, 9.17) is 27.9 Å². The summed E-state index contributed by atoms with van der Waals surface area (Å²) in [6.45, 7) is 4.28. The molecule has 0 spiro atoms. The Kier molecular flexibility index (Phi) is 5.42. The average Bonchev–Trinajstić information content (AvgIpc) is 3.22. The summed E-state index contributed by atoms with van der Waals surface area (Å²) in [5.41, 5.74) is 6.38. The molecule has 148 valence electrons. The molecule has 1 saturated carbocycles. The zero-order valence-electron chi connectivity index (χ0n) is 15.1. The van der Waals surface area contributed by atoms with Crippen molar-refractivity contribution in [3.63, 3.8) is 0 Å². The van der Waals surface area contributed by atoms with Crippen molar-refractivity contribution in [1.29, 1.82) is 0 Å². The first kappa shape index (κ1) is 19.2. The molecule has 9 unspecified atom stereocenters. The topological polar surface area (TPSA) is 85.9 Å². The number of hydrogen-bond acceptors (Lipinski definition) is 6. The van der Waals surface area contributed by atoms with Gasteiger partial charge in [-0.05, 0) is 38.5 Å². The molecule has 7 nitrogen and oxygen atoms in total. The van der Waals surface area contributed by atoms with Gasteiger partial charge in [0.1, 0.15) is 19.1 Å². The molecule has 0 aromatic carbocycles. The van der Waals surface area contributed by atoms with Gasteiger partial charge in [-0.1, -0.05) is 0 Å². The number of nitrogens with one attached hydrogen (secondary N) is 3. The molecule has 1 amide bonds. The third-order valence-electron chi connectivity index (χ3n) is 6.76. The first-order valence-corrected chi connectivity index (χ1v) is 10.4. The number of hydrazine groups is 1. The summed E-state index contributed by atoms with van der Waals surface area (Å²) >= 11 is 13.3. The van der Waals surface area contributed by atoms with Crippen molar-refractivity contribution in [2.24, 2.45) is 17.8 Å². The minimum atomic E-state index is -0.441. The molecular formula is C17H28Cl2N4O3. The van der Waals surface area contributed by atoms with Gasteiger partial charge in [-0.2, -0.15) is 0 Å². The lowest BCUT2D eigenvalue weighted by Crippen LogP contribution is -2.57. The molecular weight excluding hydrogens is 379 g/mol.